The predicted octanol–water partition coefficient (Wildman–Crippen LogP) is 1.88. The van der Waals surface area contributed by atoms with Crippen LogP contribution in [0, 0.1) is 0 Å². The standard InChI is InChI=1S/C21H23N3O4/c1-23(12-14-4-2-6-17(25)10-14)21(27)20-19(15-5-3-9-22-11-15)24(16-7-8-16)18(26)13-28-20/h2-6,9-11,16,19-20,25H,7-8,12-13H2,1H3. The van der Waals surface area contributed by atoms with Crippen molar-refractivity contribution in [2.24, 2.45) is 0 Å². The Morgan fingerprint density at radius 3 is 2.82 bits per heavy atom. The number of aromatic hydroxyl groups is 1. The van der Waals surface area contributed by atoms with E-state index in [0.717, 1.165) is 24.0 Å². The van der Waals surface area contributed by atoms with Gasteiger partial charge in [-0.3, -0.25) is 14.6 Å². The van der Waals surface area contributed by atoms with Gasteiger partial charge in [-0.15, -0.1) is 0 Å². The van der Waals surface area contributed by atoms with Crippen molar-refractivity contribution >= 4 is 11.8 Å². The molecule has 1 saturated heterocycles. The highest BCUT2D eigenvalue weighted by Gasteiger charge is 2.48. The van der Waals surface area contributed by atoms with Gasteiger partial charge in [-0.05, 0) is 42.2 Å². The Hall–Kier alpha value is -2.93. The SMILES string of the molecule is CN(Cc1cccc(O)c1)C(=O)C1OCC(=O)N(C2CC2)C1c1cccnc1. The Kier molecular flexibility index (Phi) is 5.00. The molecule has 2 atom stereocenters. The van der Waals surface area contributed by atoms with Crippen LogP contribution in [0.25, 0.3) is 0 Å². The van der Waals surface area contributed by atoms with Crippen molar-refractivity contribution in [3.63, 3.8) is 0 Å². The number of rotatable bonds is 5. The van der Waals surface area contributed by atoms with Crippen LogP contribution in [0.5, 0.6) is 5.75 Å². The van der Waals surface area contributed by atoms with E-state index in [1.807, 2.05) is 17.0 Å². The summed E-state index contributed by atoms with van der Waals surface area (Å²) in [6.45, 7) is 0.244. The first-order valence-corrected chi connectivity index (χ1v) is 9.40. The number of ether oxygens (including phenoxy) is 1. The van der Waals surface area contributed by atoms with Crippen molar-refractivity contribution in [1.29, 1.82) is 0 Å². The first kappa shape index (κ1) is 18.4. The molecule has 2 aromatic rings. The molecule has 1 N–H and O–H groups in total. The summed E-state index contributed by atoms with van der Waals surface area (Å²) in [5.74, 6) is -0.127. The number of phenols is 1. The number of carbonyl (C=O) groups excluding carboxylic acids is 2. The van der Waals surface area contributed by atoms with Crippen molar-refractivity contribution in [2.45, 2.75) is 37.6 Å². The van der Waals surface area contributed by atoms with Gasteiger partial charge >= 0.3 is 0 Å². The molecule has 1 aliphatic carbocycles. The van der Waals surface area contributed by atoms with E-state index in [0.29, 0.717) is 6.54 Å². The van der Waals surface area contributed by atoms with Gasteiger partial charge in [0.15, 0.2) is 6.10 Å². The van der Waals surface area contributed by atoms with E-state index in [1.165, 1.54) is 0 Å². The number of morpholine rings is 1. The fraction of sp³-hybridized carbons (Fsp3) is 0.381. The van der Waals surface area contributed by atoms with Gasteiger partial charge in [0.1, 0.15) is 12.4 Å². The van der Waals surface area contributed by atoms with Gasteiger partial charge < -0.3 is 19.6 Å². The van der Waals surface area contributed by atoms with Crippen molar-refractivity contribution in [3.05, 3.63) is 59.9 Å². The largest absolute Gasteiger partial charge is 0.508 e. The minimum absolute atomic E-state index is 0.0870. The average Bonchev–Trinajstić information content (AvgIpc) is 3.53. The lowest BCUT2D eigenvalue weighted by molar-refractivity contribution is -0.170. The van der Waals surface area contributed by atoms with Crippen molar-refractivity contribution in [2.75, 3.05) is 13.7 Å². The van der Waals surface area contributed by atoms with Gasteiger partial charge in [0.2, 0.25) is 5.91 Å². The number of amides is 2. The Labute approximate surface area is 163 Å². The van der Waals surface area contributed by atoms with E-state index in [4.69, 9.17) is 4.74 Å². The summed E-state index contributed by atoms with van der Waals surface area (Å²) in [4.78, 5) is 33.4. The highest BCUT2D eigenvalue weighted by atomic mass is 16.5. The number of hydrogen-bond donors (Lipinski definition) is 1. The molecule has 7 heteroatoms. The Bertz CT molecular complexity index is 869. The van der Waals surface area contributed by atoms with Crippen LogP contribution in [0.3, 0.4) is 0 Å². The second kappa shape index (κ2) is 7.59. The summed E-state index contributed by atoms with van der Waals surface area (Å²) >= 11 is 0. The maximum atomic E-state index is 13.2. The maximum absolute atomic E-state index is 13.2. The molecule has 0 bridgehead atoms. The van der Waals surface area contributed by atoms with Crippen molar-refractivity contribution in [3.8, 4) is 5.75 Å². The number of hydrogen-bond acceptors (Lipinski definition) is 5. The zero-order valence-corrected chi connectivity index (χ0v) is 15.7. The first-order chi connectivity index (χ1) is 13.5. The Balaban J connectivity index is 1.60. The topological polar surface area (TPSA) is 83.0 Å². The fourth-order valence-electron chi connectivity index (χ4n) is 3.73. The molecule has 2 amide bonds. The van der Waals surface area contributed by atoms with Crippen LogP contribution >= 0.6 is 0 Å². The van der Waals surface area contributed by atoms with Crippen LogP contribution in [0.4, 0.5) is 0 Å². The Morgan fingerprint density at radius 2 is 2.14 bits per heavy atom. The van der Waals surface area contributed by atoms with Crippen LogP contribution in [-0.2, 0) is 20.9 Å². The molecular formula is C21H23N3O4. The molecule has 7 nitrogen and oxygen atoms in total. The zero-order chi connectivity index (χ0) is 19.7. The van der Waals surface area contributed by atoms with E-state index in [1.54, 1.807) is 48.6 Å². The monoisotopic (exact) mass is 381 g/mol. The van der Waals surface area contributed by atoms with E-state index >= 15 is 0 Å². The number of benzene rings is 1. The quantitative estimate of drug-likeness (QED) is 0.855. The molecule has 1 aromatic heterocycles. The molecule has 2 aliphatic rings. The second-order valence-electron chi connectivity index (χ2n) is 7.36. The van der Waals surface area contributed by atoms with Gasteiger partial charge in [0.05, 0.1) is 6.04 Å². The van der Waals surface area contributed by atoms with Crippen LogP contribution in [0.1, 0.15) is 30.0 Å². The molecule has 1 aromatic carbocycles. The number of likely N-dealkylation sites (N-methyl/N-ethyl adjacent to an activating group) is 1. The average molecular weight is 381 g/mol. The van der Waals surface area contributed by atoms with Crippen LogP contribution in [0.15, 0.2) is 48.8 Å². The molecule has 146 valence electrons. The summed E-state index contributed by atoms with van der Waals surface area (Å²) in [5.41, 5.74) is 1.62. The van der Waals surface area contributed by atoms with Crippen molar-refractivity contribution in [1.82, 2.24) is 14.8 Å². The van der Waals surface area contributed by atoms with Crippen LogP contribution in [0.2, 0.25) is 0 Å². The van der Waals surface area contributed by atoms with E-state index < -0.39 is 12.1 Å². The third-order valence-electron chi connectivity index (χ3n) is 5.18. The predicted molar refractivity (Wildman–Crippen MR) is 101 cm³/mol. The van der Waals surface area contributed by atoms with Gasteiger partial charge in [-0.2, -0.15) is 0 Å². The highest BCUT2D eigenvalue weighted by Crippen LogP contribution is 2.39. The first-order valence-electron chi connectivity index (χ1n) is 9.40. The third kappa shape index (κ3) is 3.71. The highest BCUT2D eigenvalue weighted by molar-refractivity contribution is 5.86. The van der Waals surface area contributed by atoms with E-state index in [-0.39, 0.29) is 30.2 Å². The van der Waals surface area contributed by atoms with E-state index in [9.17, 15) is 14.7 Å². The molecule has 4 rings (SSSR count). The second-order valence-corrected chi connectivity index (χ2v) is 7.36. The molecular weight excluding hydrogens is 358 g/mol. The molecule has 1 saturated carbocycles. The molecule has 1 aliphatic heterocycles. The molecule has 2 unspecified atom stereocenters. The van der Waals surface area contributed by atoms with Gasteiger partial charge in [-0.1, -0.05) is 18.2 Å². The lowest BCUT2D eigenvalue weighted by Crippen LogP contribution is -2.55. The smallest absolute Gasteiger partial charge is 0.254 e. The fourth-order valence-corrected chi connectivity index (χ4v) is 3.73. The van der Waals surface area contributed by atoms with Crippen molar-refractivity contribution < 1.29 is 19.4 Å². The molecule has 2 fully saturated rings. The van der Waals surface area contributed by atoms with Gasteiger partial charge in [0.25, 0.3) is 5.91 Å². The summed E-state index contributed by atoms with van der Waals surface area (Å²) in [6.07, 6.45) is 4.47. The molecule has 2 heterocycles. The summed E-state index contributed by atoms with van der Waals surface area (Å²) < 4.78 is 5.75. The summed E-state index contributed by atoms with van der Waals surface area (Å²) in [7, 11) is 1.70. The minimum atomic E-state index is -0.787. The van der Waals surface area contributed by atoms with Crippen LogP contribution < -0.4 is 0 Å². The number of pyridine rings is 1. The number of carbonyl (C=O) groups is 2. The van der Waals surface area contributed by atoms with Gasteiger partial charge in [0, 0.05) is 32.0 Å². The lowest BCUT2D eigenvalue weighted by Gasteiger charge is -2.41. The zero-order valence-electron chi connectivity index (χ0n) is 15.7. The molecule has 0 spiro atoms. The normalized spacial score (nSPS) is 22.2. The molecule has 0 radical (unpaired) electrons. The summed E-state index contributed by atoms with van der Waals surface area (Å²) in [5, 5.41) is 9.66. The maximum Gasteiger partial charge on any atom is 0.254 e. The summed E-state index contributed by atoms with van der Waals surface area (Å²) in [6, 6.07) is 10.2. The number of phenolic OH excluding ortho intramolecular Hbond substituents is 1. The minimum Gasteiger partial charge on any atom is -0.508 e. The number of nitrogens with zero attached hydrogens (tertiary/aromatic N) is 3. The molecule has 28 heavy (non-hydrogen) atoms. The van der Waals surface area contributed by atoms with E-state index in [2.05, 4.69) is 4.98 Å². The Morgan fingerprint density at radius 1 is 1.32 bits per heavy atom. The number of aromatic nitrogens is 1. The van der Waals surface area contributed by atoms with Crippen LogP contribution in [-0.4, -0.2) is 57.5 Å². The van der Waals surface area contributed by atoms with Gasteiger partial charge in [-0.25, -0.2) is 0 Å². The third-order valence-corrected chi connectivity index (χ3v) is 5.18. The lowest BCUT2D eigenvalue weighted by atomic mass is 9.97.